The zero-order chi connectivity index (χ0) is 29.5. The van der Waals surface area contributed by atoms with Crippen LogP contribution in [0.25, 0.3) is 21.8 Å². The van der Waals surface area contributed by atoms with Crippen molar-refractivity contribution in [1.82, 2.24) is 15.0 Å². The minimum absolute atomic E-state index is 0.0574. The number of halogens is 3. The van der Waals surface area contributed by atoms with E-state index in [4.69, 9.17) is 0 Å². The second kappa shape index (κ2) is 10.9. The predicted octanol–water partition coefficient (Wildman–Crippen LogP) is 5.37. The summed E-state index contributed by atoms with van der Waals surface area (Å²) < 4.78 is 94.6. The van der Waals surface area contributed by atoms with Gasteiger partial charge in [-0.2, -0.15) is 0 Å². The number of aromatic nitrogens is 3. The summed E-state index contributed by atoms with van der Waals surface area (Å²) >= 11 is 1.26. The SMILES string of the molecule is CC(C)(C)c1nc(-c2cccc(NS(=O)(=O)c3cc(F)ccc3F)c2F)c(-c2ccnc(CCS(C)(=O)=O)n2)s1. The standard InChI is InChI=1S/C26H25F3N4O4S3/c1-26(2,3)25-32-23(24(38-25)19-10-12-30-21(31-19)11-13-39(4,34)35)16-6-5-7-18(22(16)29)33-40(36,37)20-14-15(27)8-9-17(20)28/h5-10,12,14,33H,11,13H2,1-4H3. The van der Waals surface area contributed by atoms with E-state index in [1.807, 2.05) is 25.5 Å². The maximum atomic E-state index is 15.9. The van der Waals surface area contributed by atoms with Crippen LogP contribution in [0.5, 0.6) is 0 Å². The van der Waals surface area contributed by atoms with Gasteiger partial charge in [-0.05, 0) is 36.4 Å². The lowest BCUT2D eigenvalue weighted by molar-refractivity contribution is 0.555. The minimum atomic E-state index is -4.68. The molecule has 0 radical (unpaired) electrons. The molecule has 0 saturated heterocycles. The summed E-state index contributed by atoms with van der Waals surface area (Å²) in [4.78, 5) is 12.8. The molecule has 1 N–H and O–H groups in total. The van der Waals surface area contributed by atoms with Gasteiger partial charge in [0.15, 0.2) is 5.82 Å². The first-order chi connectivity index (χ1) is 18.5. The first-order valence-electron chi connectivity index (χ1n) is 11.8. The molecule has 2 aromatic heterocycles. The number of anilines is 1. The largest absolute Gasteiger partial charge is 0.277 e. The van der Waals surface area contributed by atoms with Gasteiger partial charge in [-0.25, -0.2) is 45.0 Å². The van der Waals surface area contributed by atoms with Gasteiger partial charge in [0, 0.05) is 29.9 Å². The summed E-state index contributed by atoms with van der Waals surface area (Å²) in [5.41, 5.74) is -0.423. The molecular formula is C26H25F3N4O4S3. The number of nitrogens with zero attached hydrogens (tertiary/aromatic N) is 3. The van der Waals surface area contributed by atoms with Crippen molar-refractivity contribution < 1.29 is 30.0 Å². The van der Waals surface area contributed by atoms with Gasteiger partial charge in [-0.1, -0.05) is 26.8 Å². The molecule has 0 unspecified atom stereocenters. The third kappa shape index (κ3) is 6.67. The summed E-state index contributed by atoms with van der Waals surface area (Å²) in [6.07, 6.45) is 2.66. The fourth-order valence-electron chi connectivity index (χ4n) is 3.60. The Labute approximate surface area is 234 Å². The van der Waals surface area contributed by atoms with Crippen LogP contribution in [0.1, 0.15) is 31.6 Å². The molecule has 0 aliphatic carbocycles. The van der Waals surface area contributed by atoms with E-state index in [1.165, 1.54) is 29.7 Å². The van der Waals surface area contributed by atoms with Crippen molar-refractivity contribution in [2.24, 2.45) is 0 Å². The maximum absolute atomic E-state index is 15.9. The van der Waals surface area contributed by atoms with Crippen LogP contribution in [0, 0.1) is 17.5 Å². The summed E-state index contributed by atoms with van der Waals surface area (Å²) in [5, 5.41) is 0.640. The second-order valence-corrected chi connectivity index (χ2v) is 14.9. The Balaban J connectivity index is 1.81. The van der Waals surface area contributed by atoms with Crippen LogP contribution in [0.15, 0.2) is 53.6 Å². The van der Waals surface area contributed by atoms with Crippen molar-refractivity contribution in [3.8, 4) is 21.8 Å². The van der Waals surface area contributed by atoms with E-state index in [0.29, 0.717) is 27.7 Å². The molecule has 8 nitrogen and oxygen atoms in total. The summed E-state index contributed by atoms with van der Waals surface area (Å²) in [7, 11) is -7.94. The molecule has 212 valence electrons. The third-order valence-electron chi connectivity index (χ3n) is 5.58. The molecule has 0 fully saturated rings. The average Bonchev–Trinajstić information content (AvgIpc) is 3.31. The lowest BCUT2D eigenvalue weighted by atomic mass is 9.98. The number of benzene rings is 2. The number of hydrogen-bond donors (Lipinski definition) is 1. The van der Waals surface area contributed by atoms with Gasteiger partial charge in [0.1, 0.15) is 32.2 Å². The number of sulfonamides is 1. The molecule has 4 aromatic rings. The van der Waals surface area contributed by atoms with E-state index in [-0.39, 0.29) is 29.3 Å². The molecule has 40 heavy (non-hydrogen) atoms. The highest BCUT2D eigenvalue weighted by Gasteiger charge is 2.27. The minimum Gasteiger partial charge on any atom is -0.277 e. The number of hydrogen-bond acceptors (Lipinski definition) is 8. The molecule has 0 saturated carbocycles. The zero-order valence-corrected chi connectivity index (χ0v) is 24.3. The van der Waals surface area contributed by atoms with Crippen LogP contribution < -0.4 is 4.72 Å². The van der Waals surface area contributed by atoms with Crippen molar-refractivity contribution in [2.45, 2.75) is 37.5 Å². The average molecular weight is 611 g/mol. The van der Waals surface area contributed by atoms with Crippen LogP contribution in [-0.2, 0) is 31.7 Å². The number of aryl methyl sites for hydroxylation is 1. The molecule has 0 amide bonds. The fraction of sp³-hybridized carbons (Fsp3) is 0.269. The third-order valence-corrected chi connectivity index (χ3v) is 9.41. The first kappa shape index (κ1) is 29.6. The van der Waals surface area contributed by atoms with Gasteiger partial charge < -0.3 is 0 Å². The Morgan fingerprint density at radius 3 is 2.38 bits per heavy atom. The molecule has 0 aliphatic rings. The van der Waals surface area contributed by atoms with Crippen molar-refractivity contribution >= 4 is 36.9 Å². The summed E-state index contributed by atoms with van der Waals surface area (Å²) in [6, 6.07) is 7.49. The van der Waals surface area contributed by atoms with E-state index >= 15 is 4.39 Å². The van der Waals surface area contributed by atoms with Crippen molar-refractivity contribution in [2.75, 3.05) is 16.7 Å². The van der Waals surface area contributed by atoms with E-state index in [9.17, 15) is 25.6 Å². The van der Waals surface area contributed by atoms with Crippen LogP contribution in [-0.4, -0.2) is 43.8 Å². The lowest BCUT2D eigenvalue weighted by Gasteiger charge is -2.14. The predicted molar refractivity (Wildman–Crippen MR) is 148 cm³/mol. The quantitative estimate of drug-likeness (QED) is 0.285. The molecule has 0 bridgehead atoms. The highest BCUT2D eigenvalue weighted by molar-refractivity contribution is 7.92. The van der Waals surface area contributed by atoms with Crippen LogP contribution >= 0.6 is 11.3 Å². The molecule has 0 spiro atoms. The lowest BCUT2D eigenvalue weighted by Crippen LogP contribution is -2.16. The fourth-order valence-corrected chi connectivity index (χ4v) is 6.41. The normalized spacial score (nSPS) is 12.5. The summed E-state index contributed by atoms with van der Waals surface area (Å²) in [5.74, 6) is -3.03. The highest BCUT2D eigenvalue weighted by atomic mass is 32.2. The zero-order valence-electron chi connectivity index (χ0n) is 21.9. The molecule has 4 rings (SSSR count). The topological polar surface area (TPSA) is 119 Å². The van der Waals surface area contributed by atoms with E-state index < -0.39 is 53.3 Å². The Hall–Kier alpha value is -3.36. The van der Waals surface area contributed by atoms with Crippen molar-refractivity contribution in [3.63, 3.8) is 0 Å². The number of nitrogens with one attached hydrogen (secondary N) is 1. The number of sulfone groups is 1. The van der Waals surface area contributed by atoms with Crippen molar-refractivity contribution in [3.05, 3.63) is 76.9 Å². The first-order valence-corrected chi connectivity index (χ1v) is 16.2. The number of rotatable bonds is 8. The Morgan fingerprint density at radius 1 is 0.975 bits per heavy atom. The smallest absolute Gasteiger partial charge is 0.265 e. The van der Waals surface area contributed by atoms with Gasteiger partial charge >= 0.3 is 0 Å². The van der Waals surface area contributed by atoms with Crippen LogP contribution in [0.3, 0.4) is 0 Å². The Bertz CT molecular complexity index is 1800. The highest BCUT2D eigenvalue weighted by Crippen LogP contribution is 2.42. The van der Waals surface area contributed by atoms with Gasteiger partial charge in [0.25, 0.3) is 10.0 Å². The van der Waals surface area contributed by atoms with Gasteiger partial charge in [0.05, 0.1) is 32.7 Å². The van der Waals surface area contributed by atoms with Gasteiger partial charge in [-0.3, -0.25) is 4.72 Å². The van der Waals surface area contributed by atoms with Crippen LogP contribution in [0.2, 0.25) is 0 Å². The van der Waals surface area contributed by atoms with E-state index in [2.05, 4.69) is 15.0 Å². The van der Waals surface area contributed by atoms with Gasteiger partial charge in [0.2, 0.25) is 0 Å². The van der Waals surface area contributed by atoms with E-state index in [0.717, 1.165) is 18.4 Å². The molecule has 14 heteroatoms. The Morgan fingerprint density at radius 2 is 1.70 bits per heavy atom. The van der Waals surface area contributed by atoms with Crippen LogP contribution in [0.4, 0.5) is 18.9 Å². The molecular weight excluding hydrogens is 586 g/mol. The Kier molecular flexibility index (Phi) is 8.07. The molecule has 0 atom stereocenters. The number of thiazole rings is 1. The monoisotopic (exact) mass is 610 g/mol. The van der Waals surface area contributed by atoms with Gasteiger partial charge in [-0.15, -0.1) is 11.3 Å². The molecule has 2 heterocycles. The van der Waals surface area contributed by atoms with E-state index in [1.54, 1.807) is 6.07 Å². The molecule has 0 aliphatic heterocycles. The van der Waals surface area contributed by atoms with Crippen molar-refractivity contribution in [1.29, 1.82) is 0 Å². The molecule has 2 aromatic carbocycles. The summed E-state index contributed by atoms with van der Waals surface area (Å²) in [6.45, 7) is 5.77. The second-order valence-electron chi connectivity index (χ2n) is 10.0. The maximum Gasteiger partial charge on any atom is 0.265 e.